The SMILES string of the molecule is CC1(C)C[C@H]2C3=CC[C@H]4[C@@]5(C)CC[C@H](O)C(C)(C)[C@H]5CC[C@@]4(C)[C@]3(C)C[C@@H](O)[C@@]23C[C@@H]1OC3=O. The van der Waals surface area contributed by atoms with Gasteiger partial charge in [0.15, 0.2) is 0 Å². The minimum Gasteiger partial charge on any atom is -0.461 e. The minimum atomic E-state index is -0.743. The maximum Gasteiger partial charge on any atom is 0.315 e. The summed E-state index contributed by atoms with van der Waals surface area (Å²) in [5, 5.41) is 22.7. The van der Waals surface area contributed by atoms with E-state index in [0.29, 0.717) is 24.7 Å². The van der Waals surface area contributed by atoms with Crippen molar-refractivity contribution >= 4 is 5.97 Å². The molecule has 190 valence electrons. The minimum absolute atomic E-state index is 0.0641. The van der Waals surface area contributed by atoms with E-state index in [2.05, 4.69) is 54.5 Å². The van der Waals surface area contributed by atoms with Gasteiger partial charge < -0.3 is 14.9 Å². The van der Waals surface area contributed by atoms with Crippen molar-refractivity contribution in [1.29, 1.82) is 0 Å². The van der Waals surface area contributed by atoms with E-state index >= 15 is 0 Å². The van der Waals surface area contributed by atoms with Crippen molar-refractivity contribution in [3.63, 3.8) is 0 Å². The summed E-state index contributed by atoms with van der Waals surface area (Å²) in [5.41, 5.74) is 0.726. The second kappa shape index (κ2) is 6.52. The first-order valence-corrected chi connectivity index (χ1v) is 13.9. The smallest absolute Gasteiger partial charge is 0.315 e. The van der Waals surface area contributed by atoms with Crippen LogP contribution in [-0.2, 0) is 9.53 Å². The lowest BCUT2D eigenvalue weighted by molar-refractivity contribution is -0.212. The van der Waals surface area contributed by atoms with Crippen LogP contribution in [0.25, 0.3) is 0 Å². The number of ether oxygens (including phenoxy) is 1. The maximum absolute atomic E-state index is 13.4. The predicted octanol–water partition coefficient (Wildman–Crippen LogP) is 5.66. The van der Waals surface area contributed by atoms with Gasteiger partial charge in [0.2, 0.25) is 0 Å². The fourth-order valence-corrected chi connectivity index (χ4v) is 11.1. The molecule has 0 radical (unpaired) electrons. The summed E-state index contributed by atoms with van der Waals surface area (Å²) < 4.78 is 5.95. The van der Waals surface area contributed by atoms with Crippen molar-refractivity contribution in [2.45, 2.75) is 118 Å². The van der Waals surface area contributed by atoms with Crippen molar-refractivity contribution < 1.29 is 19.7 Å². The molecule has 0 unspecified atom stereocenters. The third-order valence-electron chi connectivity index (χ3n) is 13.4. The Morgan fingerprint density at radius 1 is 0.882 bits per heavy atom. The predicted molar refractivity (Wildman–Crippen MR) is 132 cm³/mol. The van der Waals surface area contributed by atoms with Gasteiger partial charge in [0.25, 0.3) is 0 Å². The molecular formula is C30H46O4. The van der Waals surface area contributed by atoms with Crippen LogP contribution in [0.3, 0.4) is 0 Å². The van der Waals surface area contributed by atoms with Gasteiger partial charge in [-0.1, -0.05) is 60.1 Å². The summed E-state index contributed by atoms with van der Waals surface area (Å²) >= 11 is 0. The van der Waals surface area contributed by atoms with E-state index in [0.717, 1.165) is 38.5 Å². The summed E-state index contributed by atoms with van der Waals surface area (Å²) in [6.45, 7) is 16.5. The lowest BCUT2D eigenvalue weighted by Crippen LogP contribution is -2.67. The van der Waals surface area contributed by atoms with Gasteiger partial charge >= 0.3 is 5.97 Å². The Kier molecular flexibility index (Phi) is 4.51. The normalized spacial score (nSPS) is 56.9. The number of carbonyl (C=O) groups excluding carboxylic acids is 1. The topological polar surface area (TPSA) is 66.8 Å². The first kappa shape index (κ1) is 23.5. The third-order valence-corrected chi connectivity index (χ3v) is 13.4. The van der Waals surface area contributed by atoms with E-state index in [9.17, 15) is 15.0 Å². The Bertz CT molecular complexity index is 965. The number of aliphatic hydroxyl groups excluding tert-OH is 2. The fraction of sp³-hybridized carbons (Fsp3) is 0.900. The largest absolute Gasteiger partial charge is 0.461 e. The molecule has 0 aromatic carbocycles. The van der Waals surface area contributed by atoms with Crippen molar-refractivity contribution in [3.05, 3.63) is 11.6 Å². The lowest BCUT2D eigenvalue weighted by atomic mass is 9.33. The van der Waals surface area contributed by atoms with E-state index in [4.69, 9.17) is 4.74 Å². The fourth-order valence-electron chi connectivity index (χ4n) is 11.1. The molecule has 1 saturated heterocycles. The zero-order valence-corrected chi connectivity index (χ0v) is 22.4. The van der Waals surface area contributed by atoms with Gasteiger partial charge in [-0.05, 0) is 84.4 Å². The second-order valence-electron chi connectivity index (χ2n) is 15.3. The number of hydrogen-bond acceptors (Lipinski definition) is 4. The molecule has 1 spiro atoms. The number of aliphatic hydroxyl groups is 2. The monoisotopic (exact) mass is 470 g/mol. The van der Waals surface area contributed by atoms with E-state index in [-0.39, 0.29) is 51.2 Å². The van der Waals surface area contributed by atoms with Crippen LogP contribution < -0.4 is 0 Å². The Balaban J connectivity index is 1.47. The second-order valence-corrected chi connectivity index (χ2v) is 15.3. The number of esters is 1. The highest BCUT2D eigenvalue weighted by Crippen LogP contribution is 2.76. The molecule has 4 heteroatoms. The Morgan fingerprint density at radius 2 is 1.59 bits per heavy atom. The van der Waals surface area contributed by atoms with Gasteiger partial charge in [0.1, 0.15) is 11.5 Å². The van der Waals surface area contributed by atoms with Crippen molar-refractivity contribution in [2.75, 3.05) is 0 Å². The maximum atomic E-state index is 13.4. The Labute approximate surface area is 205 Å². The van der Waals surface area contributed by atoms with Crippen LogP contribution in [0.4, 0.5) is 0 Å². The summed E-state index contributed by atoms with van der Waals surface area (Å²) in [4.78, 5) is 13.4. The molecule has 2 bridgehead atoms. The standard InChI is InChI=1S/C30H46O4/c1-25(2)14-18-17-8-9-20-27(5)12-11-21(31)26(3,4)19(27)10-13-28(20,6)29(17,7)15-22(32)30(18)16-23(25)34-24(30)33/h8,18-23,31-32H,9-16H2,1-7H3/t18-,19+,20-,21-,22+,23-,27-,28+,29+,30+/m0/s1. The van der Waals surface area contributed by atoms with Gasteiger partial charge in [-0.3, -0.25) is 4.79 Å². The molecule has 0 amide bonds. The van der Waals surface area contributed by atoms with Gasteiger partial charge in [-0.25, -0.2) is 0 Å². The van der Waals surface area contributed by atoms with E-state index < -0.39 is 11.5 Å². The summed E-state index contributed by atoms with van der Waals surface area (Å²) in [7, 11) is 0. The zero-order chi connectivity index (χ0) is 24.7. The molecule has 1 heterocycles. The van der Waals surface area contributed by atoms with Crippen LogP contribution in [0.5, 0.6) is 0 Å². The van der Waals surface area contributed by atoms with Crippen molar-refractivity contribution in [2.24, 2.45) is 50.2 Å². The molecular weight excluding hydrogens is 424 g/mol. The zero-order valence-electron chi connectivity index (χ0n) is 22.4. The molecule has 6 rings (SSSR count). The summed E-state index contributed by atoms with van der Waals surface area (Å²) in [5.74, 6) is 0.977. The lowest BCUT2D eigenvalue weighted by Gasteiger charge is -2.71. The molecule has 1 aliphatic heterocycles. The highest BCUT2D eigenvalue weighted by Gasteiger charge is 2.74. The van der Waals surface area contributed by atoms with Gasteiger partial charge in [-0.2, -0.15) is 0 Å². The van der Waals surface area contributed by atoms with Crippen molar-refractivity contribution in [1.82, 2.24) is 0 Å². The number of carbonyl (C=O) groups is 1. The molecule has 6 aliphatic rings. The molecule has 5 fully saturated rings. The quantitative estimate of drug-likeness (QED) is 0.354. The van der Waals surface area contributed by atoms with Crippen molar-refractivity contribution in [3.8, 4) is 0 Å². The Hall–Kier alpha value is -0.870. The van der Waals surface area contributed by atoms with E-state index in [1.807, 2.05) is 0 Å². The molecule has 4 saturated carbocycles. The number of allylic oxidation sites excluding steroid dienone is 2. The first-order valence-electron chi connectivity index (χ1n) is 13.9. The molecule has 5 aliphatic carbocycles. The average Bonchev–Trinajstić information content (AvgIpc) is 3.05. The molecule has 34 heavy (non-hydrogen) atoms. The number of fused-ring (bicyclic) bond motifs is 7. The molecule has 0 aromatic heterocycles. The third kappa shape index (κ3) is 2.42. The average molecular weight is 471 g/mol. The van der Waals surface area contributed by atoms with Crippen LogP contribution in [-0.4, -0.2) is 34.5 Å². The highest BCUT2D eigenvalue weighted by molar-refractivity contribution is 5.82. The van der Waals surface area contributed by atoms with Gasteiger partial charge in [0.05, 0.1) is 12.2 Å². The number of rotatable bonds is 0. The molecule has 0 aromatic rings. The van der Waals surface area contributed by atoms with Crippen LogP contribution in [0.2, 0.25) is 0 Å². The summed E-state index contributed by atoms with van der Waals surface area (Å²) in [6.07, 6.45) is 9.13. The molecule has 10 atom stereocenters. The van der Waals surface area contributed by atoms with E-state index in [1.54, 1.807) is 0 Å². The van der Waals surface area contributed by atoms with Crippen LogP contribution in [0.15, 0.2) is 11.6 Å². The van der Waals surface area contributed by atoms with Crippen LogP contribution in [0.1, 0.15) is 99.8 Å². The Morgan fingerprint density at radius 3 is 2.29 bits per heavy atom. The van der Waals surface area contributed by atoms with Crippen LogP contribution >= 0.6 is 0 Å². The highest BCUT2D eigenvalue weighted by atomic mass is 16.6. The van der Waals surface area contributed by atoms with Gasteiger partial charge in [0, 0.05) is 11.8 Å². The van der Waals surface area contributed by atoms with Crippen LogP contribution in [0, 0.1) is 50.2 Å². The van der Waals surface area contributed by atoms with E-state index in [1.165, 1.54) is 5.57 Å². The van der Waals surface area contributed by atoms with Gasteiger partial charge in [-0.15, -0.1) is 0 Å². The summed E-state index contributed by atoms with van der Waals surface area (Å²) in [6, 6.07) is 0. The number of hydrogen-bond donors (Lipinski definition) is 2. The molecule has 2 N–H and O–H groups in total. The first-order chi connectivity index (χ1) is 15.6. The molecule has 4 nitrogen and oxygen atoms in total.